The lowest BCUT2D eigenvalue weighted by Crippen LogP contribution is -2.39. The zero-order valence-corrected chi connectivity index (χ0v) is 23.1. The molecule has 1 atom stereocenters. The third-order valence-electron chi connectivity index (χ3n) is 7.73. The number of halogens is 3. The zero-order chi connectivity index (χ0) is 28.4. The van der Waals surface area contributed by atoms with E-state index in [-0.39, 0.29) is 11.8 Å². The van der Waals surface area contributed by atoms with Crippen LogP contribution in [0.2, 0.25) is 0 Å². The van der Waals surface area contributed by atoms with E-state index in [4.69, 9.17) is 0 Å². The summed E-state index contributed by atoms with van der Waals surface area (Å²) in [5.74, 6) is -0.194. The molecule has 0 N–H and O–H groups in total. The van der Waals surface area contributed by atoms with E-state index in [1.165, 1.54) is 68.7 Å². The summed E-state index contributed by atoms with van der Waals surface area (Å²) in [7, 11) is 6.23. The summed E-state index contributed by atoms with van der Waals surface area (Å²) in [6.45, 7) is 4.79. The SMILES string of the molecule is CN(C)/C=C\c1cc(N2CCC(C3CCN(C)CC3)CC2)ccc1C=O.O=CC(c1ccccc1)C(F)(F)F. The first kappa shape index (κ1) is 30.4. The Hall–Kier alpha value is -3.13. The van der Waals surface area contributed by atoms with Gasteiger partial charge in [0, 0.05) is 38.4 Å². The van der Waals surface area contributed by atoms with Crippen molar-refractivity contribution in [1.29, 1.82) is 0 Å². The first-order chi connectivity index (χ1) is 18.6. The van der Waals surface area contributed by atoms with E-state index in [2.05, 4.69) is 29.0 Å². The van der Waals surface area contributed by atoms with Gasteiger partial charge in [0.1, 0.15) is 12.2 Å². The number of hydrogen-bond acceptors (Lipinski definition) is 5. The molecule has 2 aliphatic rings. The van der Waals surface area contributed by atoms with Gasteiger partial charge in [-0.3, -0.25) is 4.79 Å². The second-order valence-corrected chi connectivity index (χ2v) is 10.7. The highest BCUT2D eigenvalue weighted by Gasteiger charge is 2.40. The highest BCUT2D eigenvalue weighted by molar-refractivity contribution is 5.83. The maximum absolute atomic E-state index is 12.2. The van der Waals surface area contributed by atoms with E-state index in [1.54, 1.807) is 6.07 Å². The number of piperidine rings is 2. The molecule has 0 aromatic heterocycles. The summed E-state index contributed by atoms with van der Waals surface area (Å²) in [5.41, 5.74) is 2.98. The molecule has 0 aliphatic carbocycles. The third-order valence-corrected chi connectivity index (χ3v) is 7.73. The summed E-state index contributed by atoms with van der Waals surface area (Å²) in [4.78, 5) is 28.5. The van der Waals surface area contributed by atoms with Crippen molar-refractivity contribution < 1.29 is 22.8 Å². The predicted octanol–water partition coefficient (Wildman–Crippen LogP) is 6.12. The van der Waals surface area contributed by atoms with Gasteiger partial charge in [-0.15, -0.1) is 0 Å². The van der Waals surface area contributed by atoms with Crippen molar-refractivity contribution in [2.75, 3.05) is 52.2 Å². The Labute approximate surface area is 230 Å². The van der Waals surface area contributed by atoms with Crippen LogP contribution < -0.4 is 4.90 Å². The normalized spacial score (nSPS) is 18.4. The fraction of sp³-hybridized carbons (Fsp3) is 0.484. The minimum atomic E-state index is -4.50. The fourth-order valence-corrected chi connectivity index (χ4v) is 5.37. The lowest BCUT2D eigenvalue weighted by Gasteiger charge is -2.40. The fourth-order valence-electron chi connectivity index (χ4n) is 5.37. The van der Waals surface area contributed by atoms with Crippen molar-refractivity contribution in [3.8, 4) is 0 Å². The molecule has 2 aromatic rings. The van der Waals surface area contributed by atoms with Crippen LogP contribution in [0.3, 0.4) is 0 Å². The van der Waals surface area contributed by atoms with Crippen LogP contribution >= 0.6 is 0 Å². The Morgan fingerprint density at radius 1 is 0.872 bits per heavy atom. The van der Waals surface area contributed by atoms with E-state index in [0.29, 0.717) is 0 Å². The van der Waals surface area contributed by atoms with Crippen molar-refractivity contribution in [3.63, 3.8) is 0 Å². The van der Waals surface area contributed by atoms with Gasteiger partial charge in [0.15, 0.2) is 6.29 Å². The van der Waals surface area contributed by atoms with Crippen molar-refractivity contribution in [3.05, 3.63) is 71.4 Å². The van der Waals surface area contributed by atoms with Gasteiger partial charge in [0.05, 0.1) is 0 Å². The number of aldehydes is 2. The molecule has 0 saturated carbocycles. The quantitative estimate of drug-likeness (QED) is 0.394. The molecule has 0 spiro atoms. The molecule has 8 heteroatoms. The first-order valence-electron chi connectivity index (χ1n) is 13.6. The van der Waals surface area contributed by atoms with E-state index >= 15 is 0 Å². The largest absolute Gasteiger partial charge is 0.402 e. The highest BCUT2D eigenvalue weighted by atomic mass is 19.4. The van der Waals surface area contributed by atoms with E-state index < -0.39 is 12.1 Å². The number of benzene rings is 2. The van der Waals surface area contributed by atoms with Gasteiger partial charge >= 0.3 is 6.18 Å². The van der Waals surface area contributed by atoms with Crippen LogP contribution in [0.25, 0.3) is 6.08 Å². The van der Waals surface area contributed by atoms with Crippen molar-refractivity contribution in [2.45, 2.75) is 37.8 Å². The Morgan fingerprint density at radius 3 is 1.97 bits per heavy atom. The second kappa shape index (κ2) is 14.3. The Balaban J connectivity index is 0.000000272. The van der Waals surface area contributed by atoms with Crippen LogP contribution in [0.5, 0.6) is 0 Å². The maximum atomic E-state index is 12.2. The molecular weight excluding hydrogens is 503 g/mol. The number of carbonyl (C=O) groups excluding carboxylic acids is 2. The summed E-state index contributed by atoms with van der Waals surface area (Å²) in [6.07, 6.45) is 5.73. The van der Waals surface area contributed by atoms with Gasteiger partial charge in [-0.1, -0.05) is 30.3 Å². The molecule has 0 bridgehead atoms. The number of likely N-dealkylation sites (tertiary alicyclic amines) is 1. The van der Waals surface area contributed by atoms with Crippen molar-refractivity contribution in [1.82, 2.24) is 9.80 Å². The predicted molar refractivity (Wildman–Crippen MR) is 151 cm³/mol. The van der Waals surface area contributed by atoms with Gasteiger partial charge in [0.25, 0.3) is 0 Å². The number of hydrogen-bond donors (Lipinski definition) is 0. The van der Waals surface area contributed by atoms with Gasteiger partial charge in [0.2, 0.25) is 0 Å². The number of alkyl halides is 3. The van der Waals surface area contributed by atoms with Crippen molar-refractivity contribution in [2.24, 2.45) is 11.8 Å². The topological polar surface area (TPSA) is 43.9 Å². The third kappa shape index (κ3) is 8.95. The summed E-state index contributed by atoms with van der Waals surface area (Å²) < 4.78 is 36.5. The average Bonchev–Trinajstić information content (AvgIpc) is 2.93. The molecule has 39 heavy (non-hydrogen) atoms. The standard InChI is InChI=1S/C22H33N3O.C9H7F3O/c1-23(2)11-6-20-16-22(5-4-21(20)17-26)25-14-9-19(10-15-25)18-7-12-24(3)13-8-18;10-9(11,12)8(6-13)7-4-2-1-3-5-7/h4-6,11,16-19H,7-10,12-15H2,1-3H3;1-6,8H/b11-6-;. The molecule has 212 valence electrons. The molecule has 5 nitrogen and oxygen atoms in total. The van der Waals surface area contributed by atoms with Crippen LogP contribution in [0.4, 0.5) is 18.9 Å². The van der Waals surface area contributed by atoms with Crippen LogP contribution in [0, 0.1) is 11.8 Å². The minimum absolute atomic E-state index is 0.0231. The molecule has 0 amide bonds. The molecule has 0 radical (unpaired) electrons. The van der Waals surface area contributed by atoms with Crippen LogP contribution in [-0.4, -0.2) is 75.9 Å². The zero-order valence-electron chi connectivity index (χ0n) is 23.1. The number of rotatable bonds is 7. The van der Waals surface area contributed by atoms with Crippen LogP contribution in [0.15, 0.2) is 54.7 Å². The summed E-state index contributed by atoms with van der Waals surface area (Å²) in [6, 6.07) is 13.3. The van der Waals surface area contributed by atoms with Crippen molar-refractivity contribution >= 4 is 24.3 Å². The first-order valence-corrected chi connectivity index (χ1v) is 13.6. The lowest BCUT2D eigenvalue weighted by atomic mass is 9.79. The molecular formula is C31H40F3N3O2. The number of nitrogens with zero attached hydrogens (tertiary/aromatic N) is 3. The molecule has 2 fully saturated rings. The minimum Gasteiger partial charge on any atom is -0.383 e. The lowest BCUT2D eigenvalue weighted by molar-refractivity contribution is -0.155. The molecule has 2 saturated heterocycles. The summed E-state index contributed by atoms with van der Waals surface area (Å²) in [5, 5.41) is 0. The number of anilines is 1. The van der Waals surface area contributed by atoms with E-state index in [1.807, 2.05) is 37.3 Å². The number of carbonyl (C=O) groups is 2. The second-order valence-electron chi connectivity index (χ2n) is 10.7. The smallest absolute Gasteiger partial charge is 0.383 e. The van der Waals surface area contributed by atoms with Crippen LogP contribution in [0.1, 0.15) is 53.1 Å². The summed E-state index contributed by atoms with van der Waals surface area (Å²) >= 11 is 0. The van der Waals surface area contributed by atoms with Gasteiger partial charge in [-0.2, -0.15) is 13.2 Å². The highest BCUT2D eigenvalue weighted by Crippen LogP contribution is 2.34. The Morgan fingerprint density at radius 2 is 1.46 bits per heavy atom. The van der Waals surface area contributed by atoms with Gasteiger partial charge in [-0.05, 0) is 99.3 Å². The molecule has 4 rings (SSSR count). The van der Waals surface area contributed by atoms with Gasteiger partial charge < -0.3 is 19.5 Å². The van der Waals surface area contributed by atoms with E-state index in [0.717, 1.165) is 42.3 Å². The van der Waals surface area contributed by atoms with Gasteiger partial charge in [-0.25, -0.2) is 0 Å². The molecule has 2 aromatic carbocycles. The Kier molecular flexibility index (Phi) is 11.2. The Bertz CT molecular complexity index is 1070. The maximum Gasteiger partial charge on any atom is 0.402 e. The van der Waals surface area contributed by atoms with E-state index in [9.17, 15) is 22.8 Å². The van der Waals surface area contributed by atoms with Crippen LogP contribution in [-0.2, 0) is 4.79 Å². The average molecular weight is 544 g/mol. The molecule has 1 unspecified atom stereocenters. The molecule has 2 heterocycles. The monoisotopic (exact) mass is 543 g/mol. The molecule has 2 aliphatic heterocycles.